The van der Waals surface area contributed by atoms with E-state index < -0.39 is 10.0 Å². The number of hydrogen-bond acceptors (Lipinski definition) is 3. The first-order valence-electron chi connectivity index (χ1n) is 6.54. The smallest absolute Gasteiger partial charge is 0.244 e. The first-order valence-corrected chi connectivity index (χ1v) is 7.98. The van der Waals surface area contributed by atoms with Crippen LogP contribution < -0.4 is 5.73 Å². The molecule has 0 bridgehead atoms. The number of rotatable bonds is 4. The maximum atomic E-state index is 12.6. The lowest BCUT2D eigenvalue weighted by Crippen LogP contribution is -2.35. The van der Waals surface area contributed by atoms with E-state index in [1.165, 1.54) is 4.31 Å². The Labute approximate surface area is 114 Å². The van der Waals surface area contributed by atoms with E-state index in [-0.39, 0.29) is 0 Å². The van der Waals surface area contributed by atoms with Crippen LogP contribution >= 0.6 is 0 Å². The highest BCUT2D eigenvalue weighted by molar-refractivity contribution is 7.89. The second kappa shape index (κ2) is 5.48. The van der Waals surface area contributed by atoms with Crippen LogP contribution in [0.3, 0.4) is 0 Å². The number of nitrogens with zero attached hydrogens (tertiary/aromatic N) is 2. The minimum Gasteiger partial charge on any atom is -0.349 e. The van der Waals surface area contributed by atoms with E-state index >= 15 is 0 Å². The lowest BCUT2D eigenvalue weighted by Gasteiger charge is -2.24. The predicted molar refractivity (Wildman–Crippen MR) is 75.1 cm³/mol. The van der Waals surface area contributed by atoms with Gasteiger partial charge in [0.25, 0.3) is 0 Å². The zero-order valence-corrected chi connectivity index (χ0v) is 12.3. The Bertz CT molecular complexity index is 566. The molecule has 0 aromatic carbocycles. The summed E-state index contributed by atoms with van der Waals surface area (Å²) in [6.45, 7) is 6.04. The van der Waals surface area contributed by atoms with Gasteiger partial charge in [-0.25, -0.2) is 8.42 Å². The summed E-state index contributed by atoms with van der Waals surface area (Å²) in [5.74, 6) is 0. The van der Waals surface area contributed by atoms with Crippen LogP contribution in [0.25, 0.3) is 0 Å². The van der Waals surface area contributed by atoms with Crippen LogP contribution in [0, 0.1) is 0 Å². The highest BCUT2D eigenvalue weighted by Gasteiger charge is 2.27. The molecule has 1 aliphatic heterocycles. The van der Waals surface area contributed by atoms with Crippen molar-refractivity contribution in [2.24, 2.45) is 5.73 Å². The van der Waals surface area contributed by atoms with Gasteiger partial charge in [0.1, 0.15) is 4.90 Å². The van der Waals surface area contributed by atoms with Crippen molar-refractivity contribution >= 4 is 10.0 Å². The second-order valence-corrected chi connectivity index (χ2v) is 6.77. The van der Waals surface area contributed by atoms with Crippen molar-refractivity contribution in [3.05, 3.63) is 29.6 Å². The van der Waals surface area contributed by atoms with E-state index in [9.17, 15) is 8.42 Å². The molecule has 106 valence electrons. The van der Waals surface area contributed by atoms with Crippen LogP contribution in [0.2, 0.25) is 0 Å². The van der Waals surface area contributed by atoms with Crippen molar-refractivity contribution in [1.82, 2.24) is 8.87 Å². The van der Waals surface area contributed by atoms with Gasteiger partial charge in [-0.2, -0.15) is 4.31 Å². The second-order valence-electron chi connectivity index (χ2n) is 4.84. The SMILES string of the molecule is CCn1cc(S(=O)(=O)N2CCC=C(C)C2)cc1CN. The molecule has 5 nitrogen and oxygen atoms in total. The van der Waals surface area contributed by atoms with Gasteiger partial charge in [-0.3, -0.25) is 0 Å². The first kappa shape index (κ1) is 14.3. The molecule has 0 unspecified atom stereocenters. The topological polar surface area (TPSA) is 68.3 Å². The highest BCUT2D eigenvalue weighted by atomic mass is 32.2. The average Bonchev–Trinajstić information content (AvgIpc) is 2.82. The fourth-order valence-electron chi connectivity index (χ4n) is 2.36. The number of hydrogen-bond donors (Lipinski definition) is 1. The van der Waals surface area contributed by atoms with E-state index in [1.807, 2.05) is 18.4 Å². The standard InChI is InChI=1S/C13H21N3O2S/c1-3-15-10-13(7-12(15)8-14)19(17,18)16-6-4-5-11(2)9-16/h5,7,10H,3-4,6,8-9,14H2,1-2H3. The molecule has 0 amide bonds. The molecule has 0 aliphatic carbocycles. The molecule has 1 aromatic rings. The zero-order chi connectivity index (χ0) is 14.0. The molecule has 1 aromatic heterocycles. The van der Waals surface area contributed by atoms with Crippen LogP contribution in [0.15, 0.2) is 28.8 Å². The molecule has 1 aliphatic rings. The fraction of sp³-hybridized carbons (Fsp3) is 0.538. The van der Waals surface area contributed by atoms with E-state index in [2.05, 4.69) is 6.08 Å². The third kappa shape index (κ3) is 2.75. The summed E-state index contributed by atoms with van der Waals surface area (Å²) in [6.07, 6.45) is 4.56. The predicted octanol–water partition coefficient (Wildman–Crippen LogP) is 1.31. The highest BCUT2D eigenvalue weighted by Crippen LogP contribution is 2.22. The number of aromatic nitrogens is 1. The number of nitrogens with two attached hydrogens (primary N) is 1. The van der Waals surface area contributed by atoms with Gasteiger partial charge in [0.2, 0.25) is 10.0 Å². The summed E-state index contributed by atoms with van der Waals surface area (Å²) in [5.41, 5.74) is 7.60. The third-order valence-corrected chi connectivity index (χ3v) is 5.26. The van der Waals surface area contributed by atoms with Gasteiger partial charge in [0, 0.05) is 38.1 Å². The summed E-state index contributed by atoms with van der Waals surface area (Å²) in [5, 5.41) is 0. The van der Waals surface area contributed by atoms with Crippen LogP contribution in [-0.4, -0.2) is 30.4 Å². The minimum absolute atomic E-state index is 0.349. The van der Waals surface area contributed by atoms with Crippen molar-refractivity contribution < 1.29 is 8.42 Å². The minimum atomic E-state index is -3.40. The fourth-order valence-corrected chi connectivity index (χ4v) is 3.93. The van der Waals surface area contributed by atoms with Gasteiger partial charge in [-0.1, -0.05) is 11.6 Å². The lowest BCUT2D eigenvalue weighted by atomic mass is 10.2. The number of sulfonamides is 1. The molecule has 2 heterocycles. The molecule has 2 N–H and O–H groups in total. The summed E-state index contributed by atoms with van der Waals surface area (Å²) in [6, 6.07) is 1.69. The maximum absolute atomic E-state index is 12.6. The van der Waals surface area contributed by atoms with Crippen LogP contribution in [0.4, 0.5) is 0 Å². The number of aryl methyl sites for hydroxylation is 1. The van der Waals surface area contributed by atoms with Crippen LogP contribution in [0.5, 0.6) is 0 Å². The molecule has 0 atom stereocenters. The normalized spacial score (nSPS) is 17.5. The van der Waals surface area contributed by atoms with Crippen molar-refractivity contribution in [2.45, 2.75) is 38.3 Å². The quantitative estimate of drug-likeness (QED) is 0.847. The lowest BCUT2D eigenvalue weighted by molar-refractivity contribution is 0.428. The molecule has 0 saturated carbocycles. The Morgan fingerprint density at radius 2 is 2.16 bits per heavy atom. The Morgan fingerprint density at radius 3 is 2.68 bits per heavy atom. The van der Waals surface area contributed by atoms with E-state index in [0.29, 0.717) is 24.5 Å². The summed E-state index contributed by atoms with van der Waals surface area (Å²) in [7, 11) is -3.40. The Balaban J connectivity index is 2.34. The Hall–Kier alpha value is -1.11. The van der Waals surface area contributed by atoms with Crippen LogP contribution in [-0.2, 0) is 23.1 Å². The molecular formula is C13H21N3O2S. The van der Waals surface area contributed by atoms with Crippen molar-refractivity contribution in [1.29, 1.82) is 0 Å². The molecule has 6 heteroatoms. The van der Waals surface area contributed by atoms with Gasteiger partial charge in [0.05, 0.1) is 0 Å². The van der Waals surface area contributed by atoms with E-state index in [0.717, 1.165) is 24.2 Å². The summed E-state index contributed by atoms with van der Waals surface area (Å²) >= 11 is 0. The van der Waals surface area contributed by atoms with Crippen LogP contribution in [0.1, 0.15) is 26.0 Å². The molecule has 0 spiro atoms. The summed E-state index contributed by atoms with van der Waals surface area (Å²) in [4.78, 5) is 0.351. The van der Waals surface area contributed by atoms with Gasteiger partial charge >= 0.3 is 0 Å². The molecule has 0 radical (unpaired) electrons. The van der Waals surface area contributed by atoms with Gasteiger partial charge in [-0.15, -0.1) is 0 Å². The van der Waals surface area contributed by atoms with Gasteiger partial charge < -0.3 is 10.3 Å². The Kier molecular flexibility index (Phi) is 4.13. The monoisotopic (exact) mass is 283 g/mol. The van der Waals surface area contributed by atoms with Crippen molar-refractivity contribution in [3.63, 3.8) is 0 Å². The van der Waals surface area contributed by atoms with Crippen molar-refractivity contribution in [3.8, 4) is 0 Å². The maximum Gasteiger partial charge on any atom is 0.244 e. The van der Waals surface area contributed by atoms with E-state index in [4.69, 9.17) is 5.73 Å². The average molecular weight is 283 g/mol. The Morgan fingerprint density at radius 1 is 1.42 bits per heavy atom. The molecule has 2 rings (SSSR count). The first-order chi connectivity index (χ1) is 8.98. The van der Waals surface area contributed by atoms with Crippen molar-refractivity contribution in [2.75, 3.05) is 13.1 Å². The summed E-state index contributed by atoms with van der Waals surface area (Å²) < 4.78 is 28.6. The zero-order valence-electron chi connectivity index (χ0n) is 11.5. The largest absolute Gasteiger partial charge is 0.349 e. The molecule has 0 fully saturated rings. The van der Waals surface area contributed by atoms with Gasteiger partial charge in [-0.05, 0) is 26.3 Å². The third-order valence-electron chi connectivity index (χ3n) is 3.45. The molecular weight excluding hydrogens is 262 g/mol. The van der Waals surface area contributed by atoms with Gasteiger partial charge in [0.15, 0.2) is 0 Å². The molecule has 0 saturated heterocycles. The van der Waals surface area contributed by atoms with E-state index in [1.54, 1.807) is 12.3 Å². The molecule has 19 heavy (non-hydrogen) atoms.